The second-order valence-electron chi connectivity index (χ2n) is 7.49. The van der Waals surface area contributed by atoms with E-state index in [0.29, 0.717) is 19.4 Å². The number of rotatable bonds is 9. The van der Waals surface area contributed by atoms with E-state index in [-0.39, 0.29) is 5.91 Å². The van der Waals surface area contributed by atoms with Crippen molar-refractivity contribution in [3.05, 3.63) is 95.1 Å². The highest BCUT2D eigenvalue weighted by Crippen LogP contribution is 2.30. The summed E-state index contributed by atoms with van der Waals surface area (Å²) in [6.45, 7) is 4.70. The SMILES string of the molecule is Cc1ccc(C(CCc2cccnc2)(NCCc2cccnc2)C(N)=O)c(C)c1. The molecule has 0 bridgehead atoms. The number of nitrogens with two attached hydrogens (primary N) is 1. The predicted octanol–water partition coefficient (Wildman–Crippen LogP) is 3.24. The van der Waals surface area contributed by atoms with Crippen LogP contribution in [-0.2, 0) is 23.2 Å². The molecular weight excluding hydrogens is 360 g/mol. The molecule has 0 aliphatic carbocycles. The molecule has 2 heterocycles. The zero-order valence-corrected chi connectivity index (χ0v) is 17.1. The van der Waals surface area contributed by atoms with Gasteiger partial charge in [-0.05, 0) is 67.5 Å². The van der Waals surface area contributed by atoms with Crippen molar-refractivity contribution in [1.82, 2.24) is 15.3 Å². The molecule has 5 nitrogen and oxygen atoms in total. The second-order valence-corrected chi connectivity index (χ2v) is 7.49. The molecule has 0 radical (unpaired) electrons. The minimum Gasteiger partial charge on any atom is -0.368 e. The summed E-state index contributed by atoms with van der Waals surface area (Å²) in [4.78, 5) is 21.2. The van der Waals surface area contributed by atoms with Crippen LogP contribution in [0, 0.1) is 13.8 Å². The number of nitrogens with zero attached hydrogens (tertiary/aromatic N) is 2. The van der Waals surface area contributed by atoms with Gasteiger partial charge >= 0.3 is 0 Å². The van der Waals surface area contributed by atoms with Crippen molar-refractivity contribution >= 4 is 5.91 Å². The summed E-state index contributed by atoms with van der Waals surface area (Å²) in [5.41, 5.74) is 10.4. The van der Waals surface area contributed by atoms with Gasteiger partial charge < -0.3 is 5.73 Å². The van der Waals surface area contributed by atoms with Gasteiger partial charge in [-0.1, -0.05) is 35.9 Å². The molecule has 1 atom stereocenters. The van der Waals surface area contributed by atoms with E-state index in [1.54, 1.807) is 12.4 Å². The van der Waals surface area contributed by atoms with Crippen LogP contribution in [0.3, 0.4) is 0 Å². The van der Waals surface area contributed by atoms with Gasteiger partial charge in [0.05, 0.1) is 0 Å². The van der Waals surface area contributed by atoms with E-state index < -0.39 is 5.54 Å². The minimum absolute atomic E-state index is 0.362. The molecule has 0 spiro atoms. The Morgan fingerprint density at radius 2 is 1.66 bits per heavy atom. The number of primary amides is 1. The summed E-state index contributed by atoms with van der Waals surface area (Å²) in [5, 5.41) is 3.51. The molecule has 3 N–H and O–H groups in total. The maximum absolute atomic E-state index is 12.9. The first-order valence-electron chi connectivity index (χ1n) is 9.92. The van der Waals surface area contributed by atoms with Crippen LogP contribution in [-0.4, -0.2) is 22.4 Å². The van der Waals surface area contributed by atoms with E-state index in [4.69, 9.17) is 5.73 Å². The number of nitrogens with one attached hydrogen (secondary N) is 1. The van der Waals surface area contributed by atoms with Crippen LogP contribution in [0.5, 0.6) is 0 Å². The van der Waals surface area contributed by atoms with Gasteiger partial charge in [0.25, 0.3) is 0 Å². The van der Waals surface area contributed by atoms with Gasteiger partial charge in [-0.3, -0.25) is 20.1 Å². The normalized spacial score (nSPS) is 13.0. The van der Waals surface area contributed by atoms with Crippen LogP contribution in [0.1, 0.15) is 34.2 Å². The molecule has 3 rings (SSSR count). The number of carbonyl (C=O) groups excluding carboxylic acids is 1. The molecule has 29 heavy (non-hydrogen) atoms. The third kappa shape index (κ3) is 5.06. The van der Waals surface area contributed by atoms with Crippen molar-refractivity contribution in [2.45, 2.75) is 38.6 Å². The van der Waals surface area contributed by atoms with E-state index >= 15 is 0 Å². The largest absolute Gasteiger partial charge is 0.368 e. The second kappa shape index (κ2) is 9.43. The highest BCUT2D eigenvalue weighted by atomic mass is 16.1. The number of hydrogen-bond acceptors (Lipinski definition) is 4. The maximum Gasteiger partial charge on any atom is 0.242 e. The van der Waals surface area contributed by atoms with Crippen LogP contribution < -0.4 is 11.1 Å². The third-order valence-electron chi connectivity index (χ3n) is 5.34. The summed E-state index contributed by atoms with van der Waals surface area (Å²) in [6.07, 6.45) is 9.22. The van der Waals surface area contributed by atoms with Crippen LogP contribution in [0.25, 0.3) is 0 Å². The molecule has 0 aliphatic heterocycles. The highest BCUT2D eigenvalue weighted by molar-refractivity contribution is 5.86. The van der Waals surface area contributed by atoms with Gasteiger partial charge in [0.15, 0.2) is 0 Å². The molecule has 0 aliphatic rings. The first-order chi connectivity index (χ1) is 14.0. The molecule has 1 aromatic carbocycles. The Labute approximate surface area is 172 Å². The smallest absolute Gasteiger partial charge is 0.242 e. The molecular formula is C24H28N4O. The van der Waals surface area contributed by atoms with Crippen LogP contribution in [0.15, 0.2) is 67.3 Å². The van der Waals surface area contributed by atoms with E-state index in [9.17, 15) is 4.79 Å². The van der Waals surface area contributed by atoms with E-state index in [0.717, 1.165) is 34.2 Å². The molecule has 2 aromatic heterocycles. The van der Waals surface area contributed by atoms with E-state index in [1.165, 1.54) is 0 Å². The average Bonchev–Trinajstić information content (AvgIpc) is 2.72. The molecule has 5 heteroatoms. The maximum atomic E-state index is 12.9. The van der Waals surface area contributed by atoms with Gasteiger partial charge in [-0.2, -0.15) is 0 Å². The molecule has 0 saturated carbocycles. The number of hydrogen-bond donors (Lipinski definition) is 2. The zero-order chi connectivity index (χ0) is 20.7. The van der Waals surface area contributed by atoms with Crippen molar-refractivity contribution < 1.29 is 4.79 Å². The molecule has 1 amide bonds. The van der Waals surface area contributed by atoms with E-state index in [2.05, 4.69) is 21.4 Å². The number of aryl methyl sites for hydroxylation is 3. The third-order valence-corrected chi connectivity index (χ3v) is 5.34. The Balaban J connectivity index is 1.89. The number of carbonyl (C=O) groups is 1. The molecule has 150 valence electrons. The van der Waals surface area contributed by atoms with Crippen molar-refractivity contribution in [2.75, 3.05) is 6.54 Å². The Morgan fingerprint density at radius 1 is 1.00 bits per heavy atom. The summed E-state index contributed by atoms with van der Waals surface area (Å²) < 4.78 is 0. The molecule has 0 saturated heterocycles. The number of pyridine rings is 2. The number of amides is 1. The lowest BCUT2D eigenvalue weighted by atomic mass is 9.80. The summed E-state index contributed by atoms with van der Waals surface area (Å²) in [5.74, 6) is -0.362. The highest BCUT2D eigenvalue weighted by Gasteiger charge is 2.38. The number of benzene rings is 1. The zero-order valence-electron chi connectivity index (χ0n) is 17.1. The van der Waals surface area contributed by atoms with Crippen molar-refractivity contribution in [2.24, 2.45) is 5.73 Å². The fraction of sp³-hybridized carbons (Fsp3) is 0.292. The van der Waals surface area contributed by atoms with Crippen LogP contribution >= 0.6 is 0 Å². The first-order valence-corrected chi connectivity index (χ1v) is 9.92. The number of aromatic nitrogens is 2. The van der Waals surface area contributed by atoms with Gasteiger partial charge in [-0.25, -0.2) is 0 Å². The van der Waals surface area contributed by atoms with Gasteiger partial charge in [0.2, 0.25) is 5.91 Å². The lowest BCUT2D eigenvalue weighted by molar-refractivity contribution is -0.125. The average molecular weight is 389 g/mol. The summed E-state index contributed by atoms with van der Waals surface area (Å²) >= 11 is 0. The minimum atomic E-state index is -0.949. The lowest BCUT2D eigenvalue weighted by Crippen LogP contribution is -2.54. The van der Waals surface area contributed by atoms with Gasteiger partial charge in [-0.15, -0.1) is 0 Å². The summed E-state index contributed by atoms with van der Waals surface area (Å²) in [7, 11) is 0. The lowest BCUT2D eigenvalue weighted by Gasteiger charge is -2.34. The summed E-state index contributed by atoms with van der Waals surface area (Å²) in [6, 6.07) is 14.0. The quantitative estimate of drug-likeness (QED) is 0.590. The van der Waals surface area contributed by atoms with Crippen LogP contribution in [0.4, 0.5) is 0 Å². The predicted molar refractivity (Wildman–Crippen MR) is 115 cm³/mol. The Hall–Kier alpha value is -3.05. The topological polar surface area (TPSA) is 80.9 Å². The van der Waals surface area contributed by atoms with Crippen molar-refractivity contribution in [3.63, 3.8) is 0 Å². The fourth-order valence-corrected chi connectivity index (χ4v) is 3.80. The first kappa shape index (κ1) is 20.7. The Bertz CT molecular complexity index is 944. The Kier molecular flexibility index (Phi) is 6.73. The van der Waals surface area contributed by atoms with Gasteiger partial charge in [0.1, 0.15) is 5.54 Å². The van der Waals surface area contributed by atoms with Gasteiger partial charge in [0, 0.05) is 31.3 Å². The monoisotopic (exact) mass is 388 g/mol. The Morgan fingerprint density at radius 3 is 2.21 bits per heavy atom. The van der Waals surface area contributed by atoms with E-state index in [1.807, 2.05) is 62.6 Å². The standard InChI is InChI=1S/C24H28N4O/c1-18-7-8-22(19(2)15-18)24(23(25)29,11-9-20-5-3-12-26-16-20)28-14-10-21-6-4-13-27-17-21/h3-8,12-13,15-17,28H,9-11,14H2,1-2H3,(H2,25,29). The fourth-order valence-electron chi connectivity index (χ4n) is 3.80. The molecule has 0 fully saturated rings. The van der Waals surface area contributed by atoms with Crippen molar-refractivity contribution in [1.29, 1.82) is 0 Å². The van der Waals surface area contributed by atoms with Crippen LogP contribution in [0.2, 0.25) is 0 Å². The molecule has 1 unspecified atom stereocenters. The van der Waals surface area contributed by atoms with Crippen molar-refractivity contribution in [3.8, 4) is 0 Å². The molecule has 3 aromatic rings.